The second-order valence-electron chi connectivity index (χ2n) is 9.52. The summed E-state index contributed by atoms with van der Waals surface area (Å²) in [5.74, 6) is 0.0589. The number of aryl methyl sites for hydroxylation is 2. The number of carbonyl (C=O) groups is 1. The number of nitrogens with one attached hydrogen (secondary N) is 1. The molecule has 0 radical (unpaired) electrons. The molecule has 1 amide bonds. The van der Waals surface area contributed by atoms with Crippen LogP contribution in [0.4, 0.5) is 17.4 Å². The molecule has 9 heteroatoms. The molecule has 0 bridgehead atoms. The quantitative estimate of drug-likeness (QED) is 0.585. The van der Waals surface area contributed by atoms with Gasteiger partial charge in [-0.2, -0.15) is 5.26 Å². The number of hydrogen-bond acceptors (Lipinski definition) is 8. The number of benzene rings is 2. The minimum atomic E-state index is 0.0589. The molecule has 0 saturated carbocycles. The number of hydrogen-bond donors (Lipinski definition) is 1. The lowest BCUT2D eigenvalue weighted by Gasteiger charge is -2.35. The Labute approximate surface area is 211 Å². The van der Waals surface area contributed by atoms with Gasteiger partial charge in [0, 0.05) is 56.6 Å². The summed E-state index contributed by atoms with van der Waals surface area (Å²) in [6.07, 6.45) is 3.26. The average Bonchev–Trinajstić information content (AvgIpc) is 3.45. The molecule has 0 unspecified atom stereocenters. The molecule has 0 spiro atoms. The molecule has 0 aliphatic carbocycles. The number of carbonyl (C=O) groups excluding carboxylic acids is 1. The van der Waals surface area contributed by atoms with Crippen LogP contribution in [0.2, 0.25) is 0 Å². The number of anilines is 3. The first-order chi connectivity index (χ1) is 17.5. The van der Waals surface area contributed by atoms with E-state index in [9.17, 15) is 10.1 Å². The van der Waals surface area contributed by atoms with Crippen LogP contribution in [0.3, 0.4) is 0 Å². The van der Waals surface area contributed by atoms with Crippen LogP contribution >= 0.6 is 0 Å². The fourth-order valence-corrected chi connectivity index (χ4v) is 5.14. The van der Waals surface area contributed by atoms with E-state index in [1.54, 1.807) is 0 Å². The molecule has 1 aromatic heterocycles. The molecule has 2 aliphatic rings. The molecule has 1 N–H and O–H groups in total. The van der Waals surface area contributed by atoms with E-state index in [1.807, 2.05) is 47.1 Å². The molecule has 2 aromatic carbocycles. The maximum absolute atomic E-state index is 13.4. The lowest BCUT2D eigenvalue weighted by molar-refractivity contribution is 0.0744. The molecule has 2 fully saturated rings. The number of aromatic nitrogens is 2. The number of amides is 1. The van der Waals surface area contributed by atoms with Gasteiger partial charge in [-0.05, 0) is 56.0 Å². The summed E-state index contributed by atoms with van der Waals surface area (Å²) < 4.78 is 5.29. The summed E-state index contributed by atoms with van der Waals surface area (Å²) in [6.45, 7) is 8.42. The second kappa shape index (κ2) is 10.3. The molecule has 3 heterocycles. The SMILES string of the molecule is Cc1cc(C)c(C(=O)N2CCN(c3nnco3)CC2)cc1NC1CCN(c2ccccc2C#N)CC1. The van der Waals surface area contributed by atoms with E-state index in [-0.39, 0.29) is 5.91 Å². The van der Waals surface area contributed by atoms with Crippen LogP contribution in [0.15, 0.2) is 47.2 Å². The Hall–Kier alpha value is -4.06. The van der Waals surface area contributed by atoms with Gasteiger partial charge in [0.05, 0.1) is 11.3 Å². The minimum absolute atomic E-state index is 0.0589. The van der Waals surface area contributed by atoms with E-state index in [1.165, 1.54) is 6.39 Å². The molecule has 9 nitrogen and oxygen atoms in total. The molecular weight excluding hydrogens is 454 g/mol. The smallest absolute Gasteiger partial charge is 0.318 e. The third-order valence-corrected chi connectivity index (χ3v) is 7.21. The van der Waals surface area contributed by atoms with E-state index in [0.29, 0.717) is 38.2 Å². The summed E-state index contributed by atoms with van der Waals surface area (Å²) >= 11 is 0. The summed E-state index contributed by atoms with van der Waals surface area (Å²) in [6, 6.07) is 15.0. The molecule has 0 atom stereocenters. The van der Waals surface area contributed by atoms with Gasteiger partial charge in [-0.25, -0.2) is 0 Å². The lowest BCUT2D eigenvalue weighted by atomic mass is 9.99. The van der Waals surface area contributed by atoms with Crippen LogP contribution in [0.25, 0.3) is 0 Å². The van der Waals surface area contributed by atoms with Gasteiger partial charge in [0.15, 0.2) is 0 Å². The highest BCUT2D eigenvalue weighted by Crippen LogP contribution is 2.28. The summed E-state index contributed by atoms with van der Waals surface area (Å²) in [5, 5.41) is 20.9. The molecule has 186 valence electrons. The Balaban J connectivity index is 1.23. The first-order valence-corrected chi connectivity index (χ1v) is 12.5. The fourth-order valence-electron chi connectivity index (χ4n) is 5.14. The monoisotopic (exact) mass is 485 g/mol. The number of rotatable bonds is 5. The maximum Gasteiger partial charge on any atom is 0.318 e. The summed E-state index contributed by atoms with van der Waals surface area (Å²) in [4.78, 5) is 19.6. The van der Waals surface area contributed by atoms with Crippen LogP contribution in [0.1, 0.15) is 39.9 Å². The van der Waals surface area contributed by atoms with Crippen molar-refractivity contribution in [3.63, 3.8) is 0 Å². The van der Waals surface area contributed by atoms with Gasteiger partial charge in [0.2, 0.25) is 6.39 Å². The van der Waals surface area contributed by atoms with Gasteiger partial charge in [0.25, 0.3) is 5.91 Å². The van der Waals surface area contributed by atoms with Gasteiger partial charge >= 0.3 is 6.01 Å². The number of nitrogens with zero attached hydrogens (tertiary/aromatic N) is 6. The molecule has 3 aromatic rings. The Morgan fingerprint density at radius 2 is 1.78 bits per heavy atom. The van der Waals surface area contributed by atoms with Crippen molar-refractivity contribution < 1.29 is 9.21 Å². The third kappa shape index (κ3) is 4.85. The van der Waals surface area contributed by atoms with Gasteiger partial charge in [-0.1, -0.05) is 23.3 Å². The van der Waals surface area contributed by atoms with E-state index < -0.39 is 0 Å². The van der Waals surface area contributed by atoms with Crippen molar-refractivity contribution in [3.05, 3.63) is 65.0 Å². The van der Waals surface area contributed by atoms with Crippen molar-refractivity contribution in [2.24, 2.45) is 0 Å². The minimum Gasteiger partial charge on any atom is -0.411 e. The molecular formula is C27H31N7O2. The number of para-hydroxylation sites is 1. The van der Waals surface area contributed by atoms with Crippen molar-refractivity contribution in [1.29, 1.82) is 5.26 Å². The summed E-state index contributed by atoms with van der Waals surface area (Å²) in [7, 11) is 0. The Kier molecular flexibility index (Phi) is 6.76. The van der Waals surface area contributed by atoms with Gasteiger partial charge in [-0.15, -0.1) is 5.10 Å². The van der Waals surface area contributed by atoms with Crippen molar-refractivity contribution in [2.45, 2.75) is 32.7 Å². The van der Waals surface area contributed by atoms with Crippen LogP contribution in [0.5, 0.6) is 0 Å². The molecule has 5 rings (SSSR count). The zero-order chi connectivity index (χ0) is 25.1. The fraction of sp³-hybridized carbons (Fsp3) is 0.407. The van der Waals surface area contributed by atoms with Crippen LogP contribution in [0, 0.1) is 25.2 Å². The van der Waals surface area contributed by atoms with Crippen LogP contribution < -0.4 is 15.1 Å². The number of piperidine rings is 1. The highest BCUT2D eigenvalue weighted by atomic mass is 16.4. The third-order valence-electron chi connectivity index (χ3n) is 7.21. The highest BCUT2D eigenvalue weighted by molar-refractivity contribution is 5.97. The Morgan fingerprint density at radius 3 is 2.47 bits per heavy atom. The normalized spacial score (nSPS) is 16.6. The zero-order valence-electron chi connectivity index (χ0n) is 20.8. The van der Waals surface area contributed by atoms with Crippen molar-refractivity contribution in [2.75, 3.05) is 54.4 Å². The zero-order valence-corrected chi connectivity index (χ0v) is 20.8. The number of nitriles is 1. The summed E-state index contributed by atoms with van der Waals surface area (Å²) in [5.41, 5.74) is 5.63. The van der Waals surface area contributed by atoms with Gasteiger partial charge in [-0.3, -0.25) is 4.79 Å². The van der Waals surface area contributed by atoms with Crippen LogP contribution in [-0.4, -0.2) is 66.3 Å². The molecule has 36 heavy (non-hydrogen) atoms. The second-order valence-corrected chi connectivity index (χ2v) is 9.52. The highest BCUT2D eigenvalue weighted by Gasteiger charge is 2.26. The largest absolute Gasteiger partial charge is 0.411 e. The molecule has 2 saturated heterocycles. The van der Waals surface area contributed by atoms with Crippen molar-refractivity contribution in [1.82, 2.24) is 15.1 Å². The maximum atomic E-state index is 13.4. The predicted octanol–water partition coefficient (Wildman–Crippen LogP) is 3.60. The molecule has 2 aliphatic heterocycles. The van der Waals surface area contributed by atoms with Crippen LogP contribution in [-0.2, 0) is 0 Å². The van der Waals surface area contributed by atoms with E-state index in [2.05, 4.69) is 39.5 Å². The predicted molar refractivity (Wildman–Crippen MR) is 138 cm³/mol. The lowest BCUT2D eigenvalue weighted by Crippen LogP contribution is -2.49. The standard InChI is InChI=1S/C27H31N7O2/c1-19-15-20(2)24(30-22-7-9-32(10-8-22)25-6-4-3-5-21(25)17-28)16-23(19)26(35)33-11-13-34(14-12-33)27-31-29-18-36-27/h3-6,15-16,18,22,30H,7-14H2,1-2H3. The van der Waals surface area contributed by atoms with Gasteiger partial charge < -0.3 is 24.4 Å². The average molecular weight is 486 g/mol. The van der Waals surface area contributed by atoms with E-state index in [0.717, 1.165) is 59.6 Å². The number of piperazine rings is 1. The topological polar surface area (TPSA) is 102 Å². The van der Waals surface area contributed by atoms with Gasteiger partial charge in [0.1, 0.15) is 6.07 Å². The van der Waals surface area contributed by atoms with E-state index >= 15 is 0 Å². The Morgan fingerprint density at radius 1 is 1.03 bits per heavy atom. The Bertz CT molecular complexity index is 1250. The van der Waals surface area contributed by atoms with Crippen molar-refractivity contribution >= 4 is 23.3 Å². The van der Waals surface area contributed by atoms with E-state index in [4.69, 9.17) is 4.42 Å². The van der Waals surface area contributed by atoms with Crippen molar-refractivity contribution in [3.8, 4) is 6.07 Å². The first kappa shape index (κ1) is 23.7. The first-order valence-electron chi connectivity index (χ1n) is 12.5.